The average molecular weight is 293 g/mol. The smallest absolute Gasteiger partial charge is 0.0544 e. The molecule has 1 atom stereocenters. The first-order valence-corrected chi connectivity index (χ1v) is 8.98. The lowest BCUT2D eigenvalue weighted by atomic mass is 10.2. The highest BCUT2D eigenvalue weighted by molar-refractivity contribution is 7.98. The molecule has 2 rings (SSSR count). The van der Waals surface area contributed by atoms with Crippen LogP contribution in [0.2, 0.25) is 0 Å². The van der Waals surface area contributed by atoms with E-state index in [1.165, 1.54) is 36.3 Å². The van der Waals surface area contributed by atoms with Crippen LogP contribution in [-0.4, -0.2) is 41.0 Å². The van der Waals surface area contributed by atoms with Gasteiger partial charge in [0.15, 0.2) is 0 Å². The van der Waals surface area contributed by atoms with Crippen LogP contribution in [0.5, 0.6) is 0 Å². The molecule has 0 aromatic carbocycles. The van der Waals surface area contributed by atoms with E-state index in [4.69, 9.17) is 0 Å². The molecule has 0 saturated heterocycles. The first-order chi connectivity index (χ1) is 9.72. The maximum Gasteiger partial charge on any atom is 0.0544 e. The van der Waals surface area contributed by atoms with Crippen LogP contribution in [0, 0.1) is 0 Å². The maximum atomic E-state index is 4.61. The van der Waals surface area contributed by atoms with E-state index in [-0.39, 0.29) is 0 Å². The summed E-state index contributed by atoms with van der Waals surface area (Å²) < 4.78 is 0. The second kappa shape index (κ2) is 8.01. The molecule has 1 heterocycles. The molecule has 1 aromatic rings. The Bertz CT molecular complexity index is 389. The molecule has 0 aliphatic heterocycles. The number of aromatic nitrogens is 1. The lowest BCUT2D eigenvalue weighted by molar-refractivity contribution is 0.245. The molecule has 0 spiro atoms. The summed E-state index contributed by atoms with van der Waals surface area (Å²) >= 11 is 1.92. The van der Waals surface area contributed by atoms with Crippen molar-refractivity contribution >= 4 is 11.8 Å². The SMILES string of the molecule is CCC(CSC)N(C)Cc1ccc(CNC2CC2)cn1. The quantitative estimate of drug-likeness (QED) is 0.758. The monoisotopic (exact) mass is 293 g/mol. The minimum atomic E-state index is 0.642. The second-order valence-corrected chi connectivity index (χ2v) is 6.66. The number of rotatable bonds is 9. The van der Waals surface area contributed by atoms with E-state index < -0.39 is 0 Å². The van der Waals surface area contributed by atoms with Crippen molar-refractivity contribution in [3.05, 3.63) is 29.6 Å². The Morgan fingerprint density at radius 1 is 1.45 bits per heavy atom. The Hall–Kier alpha value is -0.580. The van der Waals surface area contributed by atoms with Gasteiger partial charge in [0.2, 0.25) is 0 Å². The van der Waals surface area contributed by atoms with E-state index in [1.807, 2.05) is 18.0 Å². The Morgan fingerprint density at radius 3 is 2.80 bits per heavy atom. The number of nitrogens with zero attached hydrogens (tertiary/aromatic N) is 2. The van der Waals surface area contributed by atoms with Gasteiger partial charge in [-0.2, -0.15) is 11.8 Å². The standard InChI is InChI=1S/C16H27N3S/c1-4-16(12-20-3)19(2)11-15-6-5-13(10-18-15)9-17-14-7-8-14/h5-6,10,14,16-17H,4,7-9,11-12H2,1-3H3. The van der Waals surface area contributed by atoms with Crippen molar-refractivity contribution in [1.82, 2.24) is 15.2 Å². The normalized spacial score (nSPS) is 16.6. The molecule has 20 heavy (non-hydrogen) atoms. The van der Waals surface area contributed by atoms with Gasteiger partial charge >= 0.3 is 0 Å². The summed E-state index contributed by atoms with van der Waals surface area (Å²) in [5.41, 5.74) is 2.46. The molecular formula is C16H27N3S. The van der Waals surface area contributed by atoms with Crippen LogP contribution in [0.4, 0.5) is 0 Å². The van der Waals surface area contributed by atoms with E-state index in [1.54, 1.807) is 0 Å². The van der Waals surface area contributed by atoms with Gasteiger partial charge in [0, 0.05) is 37.1 Å². The maximum absolute atomic E-state index is 4.61. The number of hydrogen-bond acceptors (Lipinski definition) is 4. The summed E-state index contributed by atoms with van der Waals surface area (Å²) in [4.78, 5) is 7.02. The zero-order chi connectivity index (χ0) is 14.4. The fourth-order valence-corrected chi connectivity index (χ4v) is 3.21. The van der Waals surface area contributed by atoms with E-state index in [9.17, 15) is 0 Å². The molecule has 3 nitrogen and oxygen atoms in total. The van der Waals surface area contributed by atoms with Crippen LogP contribution in [0.1, 0.15) is 37.4 Å². The third-order valence-corrected chi connectivity index (χ3v) is 4.64. The molecule has 1 fully saturated rings. The van der Waals surface area contributed by atoms with Gasteiger partial charge in [-0.1, -0.05) is 13.0 Å². The largest absolute Gasteiger partial charge is 0.310 e. The summed E-state index contributed by atoms with van der Waals surface area (Å²) in [6, 6.07) is 5.79. The fraction of sp³-hybridized carbons (Fsp3) is 0.688. The number of hydrogen-bond donors (Lipinski definition) is 1. The van der Waals surface area contributed by atoms with Gasteiger partial charge in [0.05, 0.1) is 5.69 Å². The summed E-state index contributed by atoms with van der Waals surface area (Å²) in [6.07, 6.45) is 8.07. The molecule has 4 heteroatoms. The Balaban J connectivity index is 1.82. The number of pyridine rings is 1. The summed E-state index contributed by atoms with van der Waals surface area (Å²) in [6.45, 7) is 4.16. The first kappa shape index (κ1) is 15.8. The zero-order valence-electron chi connectivity index (χ0n) is 12.9. The van der Waals surface area contributed by atoms with Crippen LogP contribution in [-0.2, 0) is 13.1 Å². The highest BCUT2D eigenvalue weighted by Gasteiger charge is 2.20. The van der Waals surface area contributed by atoms with Gasteiger partial charge in [0.1, 0.15) is 0 Å². The van der Waals surface area contributed by atoms with E-state index in [2.05, 4.69) is 47.6 Å². The van der Waals surface area contributed by atoms with Crippen molar-refractivity contribution in [2.75, 3.05) is 19.1 Å². The second-order valence-electron chi connectivity index (χ2n) is 5.75. The van der Waals surface area contributed by atoms with Gasteiger partial charge in [-0.25, -0.2) is 0 Å². The molecule has 1 aliphatic carbocycles. The predicted octanol–water partition coefficient (Wildman–Crippen LogP) is 2.91. The van der Waals surface area contributed by atoms with E-state index in [0.29, 0.717) is 6.04 Å². The molecule has 0 bridgehead atoms. The van der Waals surface area contributed by atoms with Crippen LogP contribution < -0.4 is 5.32 Å². The fourth-order valence-electron chi connectivity index (χ4n) is 2.34. The van der Waals surface area contributed by atoms with Crippen molar-refractivity contribution in [3.8, 4) is 0 Å². The molecular weight excluding hydrogens is 266 g/mol. The first-order valence-electron chi connectivity index (χ1n) is 7.59. The third-order valence-electron chi connectivity index (χ3n) is 3.92. The van der Waals surface area contributed by atoms with Crippen LogP contribution in [0.15, 0.2) is 18.3 Å². The zero-order valence-corrected chi connectivity index (χ0v) is 13.7. The predicted molar refractivity (Wildman–Crippen MR) is 88.0 cm³/mol. The molecule has 1 saturated carbocycles. The van der Waals surface area contributed by atoms with Gasteiger partial charge in [-0.05, 0) is 44.2 Å². The average Bonchev–Trinajstić information content (AvgIpc) is 3.28. The molecule has 112 valence electrons. The van der Waals surface area contributed by atoms with Crippen molar-refractivity contribution in [1.29, 1.82) is 0 Å². The Kier molecular flexibility index (Phi) is 6.33. The van der Waals surface area contributed by atoms with Gasteiger partial charge in [0.25, 0.3) is 0 Å². The number of thioether (sulfide) groups is 1. The highest BCUT2D eigenvalue weighted by atomic mass is 32.2. The lowest BCUT2D eigenvalue weighted by Gasteiger charge is -2.26. The summed E-state index contributed by atoms with van der Waals surface area (Å²) in [7, 11) is 2.20. The minimum absolute atomic E-state index is 0.642. The van der Waals surface area contributed by atoms with E-state index in [0.717, 1.165) is 19.1 Å². The van der Waals surface area contributed by atoms with E-state index >= 15 is 0 Å². The topological polar surface area (TPSA) is 28.2 Å². The molecule has 1 aliphatic rings. The van der Waals surface area contributed by atoms with Crippen molar-refractivity contribution in [2.45, 2.75) is 51.4 Å². The Morgan fingerprint density at radius 2 is 2.25 bits per heavy atom. The van der Waals surface area contributed by atoms with Gasteiger partial charge < -0.3 is 5.32 Å². The van der Waals surface area contributed by atoms with Gasteiger partial charge in [-0.3, -0.25) is 9.88 Å². The van der Waals surface area contributed by atoms with Crippen molar-refractivity contribution in [3.63, 3.8) is 0 Å². The van der Waals surface area contributed by atoms with Crippen molar-refractivity contribution < 1.29 is 0 Å². The van der Waals surface area contributed by atoms with Gasteiger partial charge in [-0.15, -0.1) is 0 Å². The summed E-state index contributed by atoms with van der Waals surface area (Å²) in [5, 5.41) is 3.52. The molecule has 1 aromatic heterocycles. The van der Waals surface area contributed by atoms with Crippen LogP contribution >= 0.6 is 11.8 Å². The van der Waals surface area contributed by atoms with Crippen LogP contribution in [0.3, 0.4) is 0 Å². The number of nitrogens with one attached hydrogen (secondary N) is 1. The summed E-state index contributed by atoms with van der Waals surface area (Å²) in [5.74, 6) is 1.19. The molecule has 1 unspecified atom stereocenters. The van der Waals surface area contributed by atoms with Crippen LogP contribution in [0.25, 0.3) is 0 Å². The minimum Gasteiger partial charge on any atom is -0.310 e. The van der Waals surface area contributed by atoms with Crippen molar-refractivity contribution in [2.24, 2.45) is 0 Å². The third kappa shape index (κ3) is 5.08. The molecule has 0 radical (unpaired) electrons. The molecule has 1 N–H and O–H groups in total. The lowest BCUT2D eigenvalue weighted by Crippen LogP contribution is -2.32. The Labute approximate surface area is 127 Å². The highest BCUT2D eigenvalue weighted by Crippen LogP contribution is 2.19. The molecule has 0 amide bonds.